The van der Waals surface area contributed by atoms with Gasteiger partial charge in [0.25, 0.3) is 0 Å². The first-order valence-corrected chi connectivity index (χ1v) is 8.46. The van der Waals surface area contributed by atoms with Crippen molar-refractivity contribution in [1.29, 1.82) is 0 Å². The van der Waals surface area contributed by atoms with Crippen LogP contribution in [0.3, 0.4) is 0 Å². The summed E-state index contributed by atoms with van der Waals surface area (Å²) >= 11 is 1.28. The van der Waals surface area contributed by atoms with Gasteiger partial charge in [-0.25, -0.2) is 4.39 Å². The predicted octanol–water partition coefficient (Wildman–Crippen LogP) is 3.24. The summed E-state index contributed by atoms with van der Waals surface area (Å²) in [5.41, 5.74) is 3.37. The van der Waals surface area contributed by atoms with Gasteiger partial charge in [0, 0.05) is 11.3 Å². The lowest BCUT2D eigenvalue weighted by Gasteiger charge is -2.12. The first-order chi connectivity index (χ1) is 11.6. The van der Waals surface area contributed by atoms with Gasteiger partial charge in [0.2, 0.25) is 5.16 Å². The molecule has 7 heteroatoms. The minimum atomic E-state index is -0.930. The fraction of sp³-hybridized carbons (Fsp3) is 0.235. The van der Waals surface area contributed by atoms with Crippen molar-refractivity contribution in [1.82, 2.24) is 20.2 Å². The molecule has 0 aliphatic rings. The Bertz CT molecular complexity index is 852. The minimum absolute atomic E-state index is 0.256. The van der Waals surface area contributed by atoms with Gasteiger partial charge < -0.3 is 5.11 Å². The van der Waals surface area contributed by atoms with Gasteiger partial charge >= 0.3 is 0 Å². The molecule has 124 valence electrons. The Hall–Kier alpha value is -2.25. The van der Waals surface area contributed by atoms with Crippen molar-refractivity contribution < 1.29 is 9.50 Å². The Morgan fingerprint density at radius 1 is 1.21 bits per heavy atom. The maximum absolute atomic E-state index is 13.7. The molecule has 1 unspecified atom stereocenters. The van der Waals surface area contributed by atoms with Gasteiger partial charge in [0.1, 0.15) is 5.82 Å². The first kappa shape index (κ1) is 16.6. The van der Waals surface area contributed by atoms with E-state index in [0.29, 0.717) is 5.16 Å². The van der Waals surface area contributed by atoms with Crippen LogP contribution in [0.1, 0.15) is 22.8 Å². The molecule has 0 bridgehead atoms. The van der Waals surface area contributed by atoms with E-state index in [1.165, 1.54) is 17.8 Å². The van der Waals surface area contributed by atoms with Gasteiger partial charge in [-0.2, -0.15) is 4.68 Å². The molecule has 3 rings (SSSR count). The number of tetrazole rings is 1. The number of aliphatic hydroxyl groups is 1. The van der Waals surface area contributed by atoms with Crippen LogP contribution in [0, 0.1) is 19.7 Å². The van der Waals surface area contributed by atoms with E-state index in [0.717, 1.165) is 16.8 Å². The number of aliphatic hydroxyl groups excluding tert-OH is 1. The highest BCUT2D eigenvalue weighted by Crippen LogP contribution is 2.26. The molecule has 3 aromatic rings. The standard InChI is InChI=1S/C17H17FN4OS/c1-11-7-8-15(12(2)9-11)22-17(19-20-21-22)24-10-16(23)13-5-3-4-6-14(13)18/h3-9,16,23H,10H2,1-2H3. The van der Waals surface area contributed by atoms with E-state index in [2.05, 4.69) is 21.6 Å². The second-order valence-electron chi connectivity index (χ2n) is 5.51. The molecule has 2 aromatic carbocycles. The van der Waals surface area contributed by atoms with E-state index in [-0.39, 0.29) is 11.3 Å². The second kappa shape index (κ2) is 7.11. The summed E-state index contributed by atoms with van der Waals surface area (Å²) in [4.78, 5) is 0. The van der Waals surface area contributed by atoms with E-state index in [1.54, 1.807) is 22.9 Å². The molecule has 0 saturated heterocycles. The van der Waals surface area contributed by atoms with Gasteiger partial charge in [-0.15, -0.1) is 5.10 Å². The fourth-order valence-electron chi connectivity index (χ4n) is 2.45. The zero-order chi connectivity index (χ0) is 17.1. The summed E-state index contributed by atoms with van der Waals surface area (Å²) < 4.78 is 15.4. The van der Waals surface area contributed by atoms with E-state index in [4.69, 9.17) is 0 Å². The quantitative estimate of drug-likeness (QED) is 0.720. The fourth-order valence-corrected chi connectivity index (χ4v) is 3.29. The maximum atomic E-state index is 13.7. The van der Waals surface area contributed by atoms with E-state index < -0.39 is 11.9 Å². The van der Waals surface area contributed by atoms with Crippen molar-refractivity contribution in [2.24, 2.45) is 0 Å². The van der Waals surface area contributed by atoms with Crippen molar-refractivity contribution in [3.05, 3.63) is 65.0 Å². The van der Waals surface area contributed by atoms with Crippen LogP contribution >= 0.6 is 11.8 Å². The van der Waals surface area contributed by atoms with Crippen molar-refractivity contribution in [3.63, 3.8) is 0 Å². The monoisotopic (exact) mass is 344 g/mol. The Balaban J connectivity index is 1.78. The highest BCUT2D eigenvalue weighted by Gasteiger charge is 2.16. The molecule has 0 saturated carbocycles. The molecule has 1 heterocycles. The van der Waals surface area contributed by atoms with Gasteiger partial charge in [-0.05, 0) is 42.0 Å². The van der Waals surface area contributed by atoms with Gasteiger partial charge in [-0.1, -0.05) is 47.7 Å². The summed E-state index contributed by atoms with van der Waals surface area (Å²) in [6, 6.07) is 12.2. The molecule has 0 aliphatic heterocycles. The first-order valence-electron chi connectivity index (χ1n) is 7.47. The highest BCUT2D eigenvalue weighted by atomic mass is 32.2. The lowest BCUT2D eigenvalue weighted by Crippen LogP contribution is -2.06. The largest absolute Gasteiger partial charge is 0.387 e. The van der Waals surface area contributed by atoms with E-state index in [1.807, 2.05) is 26.0 Å². The topological polar surface area (TPSA) is 63.8 Å². The number of rotatable bonds is 5. The highest BCUT2D eigenvalue weighted by molar-refractivity contribution is 7.99. The van der Waals surface area contributed by atoms with Crippen LogP contribution in [-0.2, 0) is 0 Å². The number of hydrogen-bond donors (Lipinski definition) is 1. The van der Waals surface area contributed by atoms with Crippen LogP contribution in [0.2, 0.25) is 0 Å². The van der Waals surface area contributed by atoms with Crippen molar-refractivity contribution in [2.75, 3.05) is 5.75 Å². The molecule has 0 aliphatic carbocycles. The smallest absolute Gasteiger partial charge is 0.214 e. The predicted molar refractivity (Wildman–Crippen MR) is 90.7 cm³/mol. The molecule has 1 N–H and O–H groups in total. The number of aryl methyl sites for hydroxylation is 2. The molecular weight excluding hydrogens is 327 g/mol. The molecular formula is C17H17FN4OS. The van der Waals surface area contributed by atoms with Crippen LogP contribution in [0.4, 0.5) is 4.39 Å². The summed E-state index contributed by atoms with van der Waals surface area (Å²) in [6.45, 7) is 4.02. The third-order valence-corrected chi connectivity index (χ3v) is 4.65. The Morgan fingerprint density at radius 3 is 2.75 bits per heavy atom. The average Bonchev–Trinajstić information content (AvgIpc) is 3.01. The summed E-state index contributed by atoms with van der Waals surface area (Å²) in [7, 11) is 0. The van der Waals surface area contributed by atoms with Gasteiger partial charge in [-0.3, -0.25) is 0 Å². The number of nitrogens with zero attached hydrogens (tertiary/aromatic N) is 4. The Labute approximate surface area is 143 Å². The van der Waals surface area contributed by atoms with Crippen molar-refractivity contribution in [3.8, 4) is 5.69 Å². The second-order valence-corrected chi connectivity index (χ2v) is 6.50. The zero-order valence-electron chi connectivity index (χ0n) is 13.3. The third kappa shape index (κ3) is 3.47. The molecule has 0 radical (unpaired) electrons. The molecule has 0 fully saturated rings. The molecule has 0 spiro atoms. The molecule has 1 aromatic heterocycles. The third-order valence-electron chi connectivity index (χ3n) is 3.66. The molecule has 1 atom stereocenters. The molecule has 5 nitrogen and oxygen atoms in total. The Morgan fingerprint density at radius 2 is 2.00 bits per heavy atom. The van der Waals surface area contributed by atoms with Gasteiger partial charge in [0.15, 0.2) is 0 Å². The minimum Gasteiger partial charge on any atom is -0.387 e. The van der Waals surface area contributed by atoms with E-state index in [9.17, 15) is 9.50 Å². The van der Waals surface area contributed by atoms with Crippen LogP contribution in [0.25, 0.3) is 5.69 Å². The zero-order valence-corrected chi connectivity index (χ0v) is 14.2. The normalized spacial score (nSPS) is 12.3. The number of benzene rings is 2. The summed E-state index contributed by atoms with van der Waals surface area (Å²) in [5, 5.41) is 22.5. The van der Waals surface area contributed by atoms with Gasteiger partial charge in [0.05, 0.1) is 11.8 Å². The van der Waals surface area contributed by atoms with E-state index >= 15 is 0 Å². The number of halogens is 1. The lowest BCUT2D eigenvalue weighted by molar-refractivity contribution is 0.199. The number of thioether (sulfide) groups is 1. The maximum Gasteiger partial charge on any atom is 0.214 e. The molecule has 24 heavy (non-hydrogen) atoms. The van der Waals surface area contributed by atoms with Crippen LogP contribution in [0.5, 0.6) is 0 Å². The average molecular weight is 344 g/mol. The van der Waals surface area contributed by atoms with Crippen molar-refractivity contribution >= 4 is 11.8 Å². The molecule has 0 amide bonds. The number of hydrogen-bond acceptors (Lipinski definition) is 5. The van der Waals surface area contributed by atoms with Crippen LogP contribution < -0.4 is 0 Å². The Kier molecular flexibility index (Phi) is 4.92. The summed E-state index contributed by atoms with van der Waals surface area (Å²) in [5.74, 6) is -0.161. The summed E-state index contributed by atoms with van der Waals surface area (Å²) in [6.07, 6.45) is -0.930. The number of aromatic nitrogens is 4. The lowest BCUT2D eigenvalue weighted by atomic mass is 10.1. The van der Waals surface area contributed by atoms with Crippen LogP contribution in [0.15, 0.2) is 47.6 Å². The van der Waals surface area contributed by atoms with Crippen molar-refractivity contribution in [2.45, 2.75) is 25.1 Å². The SMILES string of the molecule is Cc1ccc(-n2nnnc2SCC(O)c2ccccc2F)c(C)c1. The van der Waals surface area contributed by atoms with Crippen LogP contribution in [-0.4, -0.2) is 31.1 Å².